The van der Waals surface area contributed by atoms with E-state index >= 15 is 0 Å². The first-order valence-electron chi connectivity index (χ1n) is 5.07. The summed E-state index contributed by atoms with van der Waals surface area (Å²) in [5.74, 6) is -0.737. The summed E-state index contributed by atoms with van der Waals surface area (Å²) in [5, 5.41) is 2.98. The van der Waals surface area contributed by atoms with Crippen LogP contribution < -0.4 is 5.32 Å². The minimum absolute atomic E-state index is 0.0944. The van der Waals surface area contributed by atoms with Gasteiger partial charge in [-0.25, -0.2) is 12.8 Å². The largest absolute Gasteiger partial charge is 0.313 e. The molecule has 7 heteroatoms. The van der Waals surface area contributed by atoms with Crippen molar-refractivity contribution in [2.75, 3.05) is 20.1 Å². The number of hydrogen-bond donors (Lipinski definition) is 1. The van der Waals surface area contributed by atoms with E-state index < -0.39 is 15.8 Å². The average molecular weight is 323 g/mol. The molecule has 0 atom stereocenters. The summed E-state index contributed by atoms with van der Waals surface area (Å²) in [6, 6.07) is 3.85. The van der Waals surface area contributed by atoms with Crippen LogP contribution in [0.25, 0.3) is 0 Å². The fraction of sp³-hybridized carbons (Fsp3) is 0.400. The Morgan fingerprint density at radius 1 is 1.47 bits per heavy atom. The Morgan fingerprint density at radius 3 is 2.59 bits per heavy atom. The molecule has 94 valence electrons. The van der Waals surface area contributed by atoms with Crippen molar-refractivity contribution in [2.45, 2.75) is 10.9 Å². The molecule has 0 aromatic heterocycles. The Labute approximate surface area is 108 Å². The van der Waals surface area contributed by atoms with Gasteiger partial charge in [0.05, 0.1) is 0 Å². The van der Waals surface area contributed by atoms with E-state index in [2.05, 4.69) is 21.2 Å². The van der Waals surface area contributed by atoms with Crippen LogP contribution in [-0.2, 0) is 10.0 Å². The number of nitrogens with zero attached hydrogens (tertiary/aromatic N) is 1. The van der Waals surface area contributed by atoms with E-state index in [4.69, 9.17) is 0 Å². The number of likely N-dealkylation sites (N-methyl/N-ethyl adjacent to an activating group) is 1. The van der Waals surface area contributed by atoms with Crippen LogP contribution in [0.1, 0.15) is 0 Å². The zero-order valence-electron chi connectivity index (χ0n) is 9.15. The van der Waals surface area contributed by atoms with Gasteiger partial charge in [-0.3, -0.25) is 0 Å². The van der Waals surface area contributed by atoms with Crippen molar-refractivity contribution in [3.8, 4) is 0 Å². The van der Waals surface area contributed by atoms with Crippen molar-refractivity contribution in [1.82, 2.24) is 9.62 Å². The SMILES string of the molecule is CN(C1CNC1)S(=O)(=O)c1ccc(Br)cc1F. The highest BCUT2D eigenvalue weighted by Crippen LogP contribution is 2.23. The third-order valence-electron chi connectivity index (χ3n) is 2.83. The Bertz CT molecular complexity index is 531. The van der Waals surface area contributed by atoms with Crippen LogP contribution in [0.3, 0.4) is 0 Å². The van der Waals surface area contributed by atoms with Crippen molar-refractivity contribution in [3.63, 3.8) is 0 Å². The zero-order chi connectivity index (χ0) is 12.6. The molecule has 1 aliphatic heterocycles. The first-order valence-corrected chi connectivity index (χ1v) is 7.30. The molecule has 1 aromatic rings. The van der Waals surface area contributed by atoms with Gasteiger partial charge >= 0.3 is 0 Å². The Morgan fingerprint density at radius 2 is 2.12 bits per heavy atom. The van der Waals surface area contributed by atoms with Gasteiger partial charge in [-0.05, 0) is 18.2 Å². The van der Waals surface area contributed by atoms with Crippen LogP contribution in [0.4, 0.5) is 4.39 Å². The fourth-order valence-corrected chi connectivity index (χ4v) is 3.30. The van der Waals surface area contributed by atoms with Gasteiger partial charge in [-0.15, -0.1) is 0 Å². The second-order valence-electron chi connectivity index (χ2n) is 3.91. The lowest BCUT2D eigenvalue weighted by atomic mass is 10.2. The summed E-state index contributed by atoms with van der Waals surface area (Å²) in [5.41, 5.74) is 0. The third-order valence-corrected chi connectivity index (χ3v) is 5.26. The zero-order valence-corrected chi connectivity index (χ0v) is 11.6. The molecule has 0 radical (unpaired) electrons. The van der Waals surface area contributed by atoms with Crippen LogP contribution >= 0.6 is 15.9 Å². The van der Waals surface area contributed by atoms with Crippen LogP contribution in [0.5, 0.6) is 0 Å². The molecule has 1 aromatic carbocycles. The summed E-state index contributed by atoms with van der Waals surface area (Å²) >= 11 is 3.10. The highest BCUT2D eigenvalue weighted by Gasteiger charge is 2.33. The average Bonchev–Trinajstić information content (AvgIpc) is 2.13. The van der Waals surface area contributed by atoms with Crippen LogP contribution in [0.15, 0.2) is 27.6 Å². The first kappa shape index (κ1) is 12.9. The van der Waals surface area contributed by atoms with Crippen LogP contribution in [0.2, 0.25) is 0 Å². The van der Waals surface area contributed by atoms with E-state index in [0.29, 0.717) is 17.6 Å². The molecule has 1 fully saturated rings. The maximum Gasteiger partial charge on any atom is 0.246 e. The molecule has 1 heterocycles. The lowest BCUT2D eigenvalue weighted by Crippen LogP contribution is -2.57. The van der Waals surface area contributed by atoms with Gasteiger partial charge in [0.15, 0.2) is 0 Å². The topological polar surface area (TPSA) is 49.4 Å². The minimum Gasteiger partial charge on any atom is -0.313 e. The number of benzene rings is 1. The predicted octanol–water partition coefficient (Wildman–Crippen LogP) is 1.18. The normalized spacial score (nSPS) is 17.2. The highest BCUT2D eigenvalue weighted by atomic mass is 79.9. The van der Waals surface area contributed by atoms with Gasteiger partial charge in [0.1, 0.15) is 10.7 Å². The van der Waals surface area contributed by atoms with Crippen molar-refractivity contribution in [2.24, 2.45) is 0 Å². The molecule has 1 N–H and O–H groups in total. The van der Waals surface area contributed by atoms with E-state index in [1.807, 2.05) is 0 Å². The summed E-state index contributed by atoms with van der Waals surface area (Å²) in [4.78, 5) is -0.282. The monoisotopic (exact) mass is 322 g/mol. The molecular weight excluding hydrogens is 311 g/mol. The lowest BCUT2D eigenvalue weighted by Gasteiger charge is -2.34. The first-order chi connectivity index (χ1) is 7.93. The molecule has 0 unspecified atom stereocenters. The molecule has 4 nitrogen and oxygen atoms in total. The van der Waals surface area contributed by atoms with E-state index in [9.17, 15) is 12.8 Å². The number of halogens is 2. The van der Waals surface area contributed by atoms with Crippen molar-refractivity contribution >= 4 is 26.0 Å². The number of sulfonamides is 1. The van der Waals surface area contributed by atoms with Gasteiger partial charge in [0.2, 0.25) is 10.0 Å². The maximum atomic E-state index is 13.6. The standard InChI is InChI=1S/C10H12BrFN2O2S/c1-14(8-5-13-6-8)17(15,16)10-3-2-7(11)4-9(10)12/h2-4,8,13H,5-6H2,1H3. The Hall–Kier alpha value is -0.500. The molecule has 0 amide bonds. The molecule has 0 aliphatic carbocycles. The molecular formula is C10H12BrFN2O2S. The second kappa shape index (κ2) is 4.64. The molecule has 2 rings (SSSR count). The second-order valence-corrected chi connectivity index (χ2v) is 6.79. The Kier molecular flexibility index (Phi) is 3.53. The molecule has 0 saturated carbocycles. The maximum absolute atomic E-state index is 13.6. The van der Waals surface area contributed by atoms with Crippen LogP contribution in [0, 0.1) is 5.82 Å². The molecule has 17 heavy (non-hydrogen) atoms. The number of rotatable bonds is 3. The Balaban J connectivity index is 2.36. The van der Waals surface area contributed by atoms with Crippen LogP contribution in [-0.4, -0.2) is 38.9 Å². The quantitative estimate of drug-likeness (QED) is 0.909. The molecule has 1 saturated heterocycles. The smallest absolute Gasteiger partial charge is 0.246 e. The van der Waals surface area contributed by atoms with Gasteiger partial charge in [0.25, 0.3) is 0 Å². The van der Waals surface area contributed by atoms with Crippen molar-refractivity contribution in [1.29, 1.82) is 0 Å². The molecule has 1 aliphatic rings. The van der Waals surface area contributed by atoms with E-state index in [0.717, 1.165) is 6.07 Å². The summed E-state index contributed by atoms with van der Waals surface area (Å²) in [6.07, 6.45) is 0. The fourth-order valence-electron chi connectivity index (χ4n) is 1.57. The minimum atomic E-state index is -3.75. The summed E-state index contributed by atoms with van der Waals surface area (Å²) in [6.45, 7) is 1.21. The number of hydrogen-bond acceptors (Lipinski definition) is 3. The van der Waals surface area contributed by atoms with Crippen molar-refractivity contribution < 1.29 is 12.8 Å². The summed E-state index contributed by atoms with van der Waals surface area (Å²) in [7, 11) is -2.27. The van der Waals surface area contributed by atoms with Gasteiger partial charge in [-0.1, -0.05) is 15.9 Å². The third kappa shape index (κ3) is 2.37. The van der Waals surface area contributed by atoms with E-state index in [1.165, 1.54) is 23.5 Å². The van der Waals surface area contributed by atoms with E-state index in [1.54, 1.807) is 0 Å². The predicted molar refractivity (Wildman–Crippen MR) is 65.7 cm³/mol. The highest BCUT2D eigenvalue weighted by molar-refractivity contribution is 9.10. The van der Waals surface area contributed by atoms with E-state index in [-0.39, 0.29) is 10.9 Å². The summed E-state index contributed by atoms with van der Waals surface area (Å²) < 4.78 is 39.7. The van der Waals surface area contributed by atoms with Gasteiger partial charge < -0.3 is 5.32 Å². The van der Waals surface area contributed by atoms with Crippen molar-refractivity contribution in [3.05, 3.63) is 28.5 Å². The lowest BCUT2D eigenvalue weighted by molar-refractivity contribution is 0.273. The van der Waals surface area contributed by atoms with Gasteiger partial charge in [0, 0.05) is 30.7 Å². The molecule has 0 spiro atoms. The van der Waals surface area contributed by atoms with Gasteiger partial charge in [-0.2, -0.15) is 4.31 Å². The molecule has 0 bridgehead atoms. The number of nitrogens with one attached hydrogen (secondary N) is 1.